The number of rotatable bonds is 7. The molecule has 1 aliphatic rings. The number of piperidine rings is 1. The number of hydrogen-bond donors (Lipinski definition) is 2. The summed E-state index contributed by atoms with van der Waals surface area (Å²) < 4.78 is 26.9. The molecular weight excluding hydrogens is 422 g/mol. The summed E-state index contributed by atoms with van der Waals surface area (Å²) in [7, 11) is 0. The molecule has 1 saturated heterocycles. The van der Waals surface area contributed by atoms with Gasteiger partial charge in [-0.2, -0.15) is 0 Å². The second kappa shape index (κ2) is 10.3. The van der Waals surface area contributed by atoms with Gasteiger partial charge in [0.15, 0.2) is 0 Å². The molecule has 0 radical (unpaired) electrons. The fraction of sp³-hybridized carbons (Fsp3) is 0.519. The summed E-state index contributed by atoms with van der Waals surface area (Å²) in [6.07, 6.45) is 1.79. The predicted molar refractivity (Wildman–Crippen MR) is 127 cm³/mol. The molecule has 180 valence electrons. The molecule has 0 bridgehead atoms. The molecule has 2 aromatic rings. The van der Waals surface area contributed by atoms with Crippen molar-refractivity contribution in [2.75, 3.05) is 19.6 Å². The number of nitrogens with one attached hydrogen (secondary N) is 1. The first-order chi connectivity index (χ1) is 15.5. The van der Waals surface area contributed by atoms with Crippen LogP contribution in [0, 0.1) is 11.6 Å². The first-order valence-electron chi connectivity index (χ1n) is 11.7. The highest BCUT2D eigenvalue weighted by Crippen LogP contribution is 2.34. The lowest BCUT2D eigenvalue weighted by Gasteiger charge is -2.44. The molecule has 4 nitrogen and oxygen atoms in total. The zero-order chi connectivity index (χ0) is 24.2. The van der Waals surface area contributed by atoms with E-state index in [1.807, 2.05) is 4.90 Å². The minimum Gasteiger partial charge on any atom is -0.392 e. The minimum atomic E-state index is -0.688. The van der Waals surface area contributed by atoms with Gasteiger partial charge < -0.3 is 15.3 Å². The number of halogens is 2. The van der Waals surface area contributed by atoms with Crippen LogP contribution in [0.3, 0.4) is 0 Å². The first-order valence-corrected chi connectivity index (χ1v) is 11.7. The van der Waals surface area contributed by atoms with Crippen LogP contribution in [0.1, 0.15) is 63.6 Å². The summed E-state index contributed by atoms with van der Waals surface area (Å²) in [6.45, 7) is 9.71. The molecule has 33 heavy (non-hydrogen) atoms. The Labute approximate surface area is 196 Å². The Morgan fingerprint density at radius 2 is 1.88 bits per heavy atom. The van der Waals surface area contributed by atoms with E-state index in [2.05, 4.69) is 50.4 Å². The number of carbonyl (C=O) groups excluding carboxylic acids is 1. The van der Waals surface area contributed by atoms with Crippen LogP contribution in [0.5, 0.6) is 0 Å². The summed E-state index contributed by atoms with van der Waals surface area (Å²) in [6, 6.07) is 11.9. The number of hydrogen-bond acceptors (Lipinski definition) is 3. The third-order valence-corrected chi connectivity index (χ3v) is 6.58. The predicted octanol–water partition coefficient (Wildman–Crippen LogP) is 4.68. The van der Waals surface area contributed by atoms with Gasteiger partial charge in [0.05, 0.1) is 11.6 Å². The maximum absolute atomic E-state index is 13.5. The van der Waals surface area contributed by atoms with Gasteiger partial charge in [0.2, 0.25) is 5.91 Å². The molecular formula is C27H36F2N2O2. The Morgan fingerprint density at radius 3 is 2.52 bits per heavy atom. The largest absolute Gasteiger partial charge is 0.392 e. The molecule has 2 N–H and O–H groups in total. The van der Waals surface area contributed by atoms with Crippen molar-refractivity contribution in [3.8, 4) is 0 Å². The van der Waals surface area contributed by atoms with Crippen molar-refractivity contribution >= 4 is 5.91 Å². The molecule has 1 amide bonds. The van der Waals surface area contributed by atoms with E-state index < -0.39 is 23.3 Å². The van der Waals surface area contributed by atoms with Crippen molar-refractivity contribution in [2.45, 2.75) is 70.4 Å². The zero-order valence-electron chi connectivity index (χ0n) is 20.1. The molecule has 1 fully saturated rings. The summed E-state index contributed by atoms with van der Waals surface area (Å²) in [4.78, 5) is 14.0. The summed E-state index contributed by atoms with van der Waals surface area (Å²) in [5.74, 6) is -1.18. The molecule has 1 aliphatic heterocycles. The van der Waals surface area contributed by atoms with Crippen LogP contribution >= 0.6 is 0 Å². The van der Waals surface area contributed by atoms with Crippen LogP contribution in [0.2, 0.25) is 0 Å². The van der Waals surface area contributed by atoms with Gasteiger partial charge in [-0.15, -0.1) is 0 Å². The van der Waals surface area contributed by atoms with E-state index >= 15 is 0 Å². The maximum atomic E-state index is 13.5. The Bertz CT molecular complexity index is 953. The van der Waals surface area contributed by atoms with E-state index in [0.717, 1.165) is 31.0 Å². The Morgan fingerprint density at radius 1 is 1.18 bits per heavy atom. The monoisotopic (exact) mass is 458 g/mol. The lowest BCUT2D eigenvalue weighted by Crippen LogP contribution is -2.57. The van der Waals surface area contributed by atoms with E-state index in [0.29, 0.717) is 31.5 Å². The van der Waals surface area contributed by atoms with Crippen molar-refractivity contribution in [3.63, 3.8) is 0 Å². The quantitative estimate of drug-likeness (QED) is 0.633. The molecule has 0 saturated carbocycles. The highest BCUT2D eigenvalue weighted by atomic mass is 19.1. The van der Waals surface area contributed by atoms with Crippen LogP contribution in [0.15, 0.2) is 42.5 Å². The number of aliphatic hydroxyl groups excluding tert-OH is 1. The smallest absolute Gasteiger partial charge is 0.219 e. The first kappa shape index (κ1) is 25.3. The number of carbonyl (C=O) groups is 1. The topological polar surface area (TPSA) is 52.6 Å². The lowest BCUT2D eigenvalue weighted by atomic mass is 9.78. The highest BCUT2D eigenvalue weighted by molar-refractivity contribution is 5.73. The number of amides is 1. The molecule has 0 spiro atoms. The Kier molecular flexibility index (Phi) is 7.91. The van der Waals surface area contributed by atoms with E-state index in [1.165, 1.54) is 17.7 Å². The molecule has 0 aromatic heterocycles. The zero-order valence-corrected chi connectivity index (χ0v) is 20.1. The van der Waals surface area contributed by atoms with E-state index in [9.17, 15) is 18.7 Å². The number of nitrogens with zero attached hydrogens (tertiary/aromatic N) is 1. The molecule has 6 heteroatoms. The van der Waals surface area contributed by atoms with Gasteiger partial charge in [0, 0.05) is 32.6 Å². The van der Waals surface area contributed by atoms with E-state index in [-0.39, 0.29) is 11.3 Å². The standard InChI is InChI=1S/C27H36F2N2O2/c1-19(32)31-12-6-11-27(18-31,22-8-5-7-21(15-22)26(2,3)4)30-17-25(33)10-9-20-13-23(28)16-24(29)14-20/h5,7-8,13-16,25,30,33H,6,9-12,17-18H2,1-4H3. The normalized spacial score (nSPS) is 20.0. The third kappa shape index (κ3) is 6.61. The second-order valence-electron chi connectivity index (χ2n) is 10.3. The average Bonchev–Trinajstić information content (AvgIpc) is 2.75. The molecule has 2 unspecified atom stereocenters. The summed E-state index contributed by atoms with van der Waals surface area (Å²) in [5, 5.41) is 14.3. The van der Waals surface area contributed by atoms with Gasteiger partial charge >= 0.3 is 0 Å². The second-order valence-corrected chi connectivity index (χ2v) is 10.3. The minimum absolute atomic E-state index is 0.00806. The number of benzene rings is 2. The van der Waals surface area contributed by atoms with Crippen LogP contribution in [0.4, 0.5) is 8.78 Å². The van der Waals surface area contributed by atoms with Gasteiger partial charge in [-0.05, 0) is 59.9 Å². The van der Waals surface area contributed by atoms with Crippen molar-refractivity contribution in [3.05, 3.63) is 70.8 Å². The van der Waals surface area contributed by atoms with Crippen LogP contribution in [-0.2, 0) is 22.2 Å². The fourth-order valence-electron chi connectivity index (χ4n) is 4.59. The molecule has 0 aliphatic carbocycles. The summed E-state index contributed by atoms with van der Waals surface area (Å²) >= 11 is 0. The molecule has 3 rings (SSSR count). The number of likely N-dealkylation sites (tertiary alicyclic amines) is 1. The van der Waals surface area contributed by atoms with Crippen molar-refractivity contribution in [2.24, 2.45) is 0 Å². The average molecular weight is 459 g/mol. The van der Waals surface area contributed by atoms with Crippen LogP contribution in [0.25, 0.3) is 0 Å². The Hall–Kier alpha value is -2.31. The van der Waals surface area contributed by atoms with Gasteiger partial charge in [0.25, 0.3) is 0 Å². The van der Waals surface area contributed by atoms with E-state index in [1.54, 1.807) is 6.92 Å². The SMILES string of the molecule is CC(=O)N1CCCC(NCC(O)CCc2cc(F)cc(F)c2)(c2cccc(C(C)(C)C)c2)C1. The van der Waals surface area contributed by atoms with Crippen molar-refractivity contribution in [1.82, 2.24) is 10.2 Å². The van der Waals surface area contributed by atoms with Crippen molar-refractivity contribution in [1.29, 1.82) is 0 Å². The van der Waals surface area contributed by atoms with Crippen LogP contribution < -0.4 is 5.32 Å². The van der Waals surface area contributed by atoms with Crippen LogP contribution in [-0.4, -0.2) is 41.7 Å². The Balaban J connectivity index is 1.77. The van der Waals surface area contributed by atoms with Gasteiger partial charge in [0.1, 0.15) is 11.6 Å². The third-order valence-electron chi connectivity index (χ3n) is 6.58. The fourth-order valence-corrected chi connectivity index (χ4v) is 4.59. The maximum Gasteiger partial charge on any atom is 0.219 e. The van der Waals surface area contributed by atoms with Gasteiger partial charge in [-0.25, -0.2) is 8.78 Å². The van der Waals surface area contributed by atoms with Gasteiger partial charge in [-0.1, -0.05) is 45.0 Å². The number of aryl methyl sites for hydroxylation is 1. The molecule has 1 heterocycles. The highest BCUT2D eigenvalue weighted by Gasteiger charge is 2.38. The van der Waals surface area contributed by atoms with E-state index in [4.69, 9.17) is 0 Å². The van der Waals surface area contributed by atoms with Gasteiger partial charge in [-0.3, -0.25) is 4.79 Å². The lowest BCUT2D eigenvalue weighted by molar-refractivity contribution is -0.131. The molecule has 2 aromatic carbocycles. The van der Waals surface area contributed by atoms with Crippen molar-refractivity contribution < 1.29 is 18.7 Å². The summed E-state index contributed by atoms with van der Waals surface area (Å²) in [5.41, 5.74) is 2.39. The number of aliphatic hydroxyl groups is 1. The molecule has 2 atom stereocenters.